The lowest BCUT2D eigenvalue weighted by Crippen LogP contribution is -2.33. The monoisotopic (exact) mass is 1080 g/mol. The molecule has 10 aromatic rings. The molecule has 0 atom stereocenters. The van der Waals surface area contributed by atoms with E-state index in [1.165, 1.54) is 23.4 Å². The quantitative estimate of drug-likeness (QED) is 0.140. The molecule has 9 aromatic carbocycles. The van der Waals surface area contributed by atoms with Crippen LogP contribution in [0, 0.1) is 6.85 Å². The zero-order valence-corrected chi connectivity index (χ0v) is 48.5. The molecule has 0 fully saturated rings. The van der Waals surface area contributed by atoms with Gasteiger partial charge >= 0.3 is 0 Å². The van der Waals surface area contributed by atoms with E-state index in [4.69, 9.17) is 17.9 Å². The van der Waals surface area contributed by atoms with Gasteiger partial charge in [0.15, 0.2) is 0 Å². The molecular weight excluding hydrogens is 997 g/mol. The molecule has 2 heterocycles. The van der Waals surface area contributed by atoms with E-state index in [0.29, 0.717) is 40.4 Å². The molecule has 1 N–H and O–H groups in total. The Hall–Kier alpha value is -8.67. The molecule has 12 rings (SSSR count). The molecule has 410 valence electrons. The average Bonchev–Trinajstić information content (AvgIpc) is 1.73. The largest absolute Gasteiger partial charge is 0.457 e. The van der Waals surface area contributed by atoms with Crippen LogP contribution in [0.25, 0.3) is 55.6 Å². The molecule has 1 aliphatic heterocycles. The molecular formula is C77H76N4O. The van der Waals surface area contributed by atoms with Gasteiger partial charge in [0.25, 0.3) is 0 Å². The first-order valence-electron chi connectivity index (χ1n) is 33.8. The Bertz CT molecular complexity index is 4540. The van der Waals surface area contributed by atoms with E-state index in [0.717, 1.165) is 63.4 Å². The van der Waals surface area contributed by atoms with Crippen LogP contribution in [0.15, 0.2) is 218 Å². The molecule has 0 radical (unpaired) electrons. The van der Waals surface area contributed by atoms with E-state index in [1.807, 2.05) is 84.9 Å². The van der Waals surface area contributed by atoms with E-state index in [1.54, 1.807) is 24.3 Å². The maximum Gasteiger partial charge on any atom is 0.130 e. The van der Waals surface area contributed by atoms with E-state index in [9.17, 15) is 6.85 Å². The van der Waals surface area contributed by atoms with Crippen LogP contribution < -0.4 is 19.9 Å². The molecule has 0 saturated heterocycles. The summed E-state index contributed by atoms with van der Waals surface area (Å²) in [6.07, 6.45) is 3.56. The minimum absolute atomic E-state index is 0.0307. The summed E-state index contributed by atoms with van der Waals surface area (Å²) in [5.74, 6) is 1.07. The van der Waals surface area contributed by atoms with Gasteiger partial charge in [0.1, 0.15) is 24.0 Å². The highest BCUT2D eigenvalue weighted by molar-refractivity contribution is 5.99. The maximum atomic E-state index is 9.71. The van der Waals surface area contributed by atoms with Crippen LogP contribution in [-0.2, 0) is 21.7 Å². The van der Waals surface area contributed by atoms with Crippen molar-refractivity contribution in [3.63, 3.8) is 0 Å². The van der Waals surface area contributed by atoms with Crippen LogP contribution in [0.4, 0.5) is 34.3 Å². The minimum atomic E-state index is -2.56. The second-order valence-corrected chi connectivity index (χ2v) is 25.2. The van der Waals surface area contributed by atoms with Crippen molar-refractivity contribution in [2.24, 2.45) is 0 Å². The highest BCUT2D eigenvalue weighted by Gasteiger charge is 2.37. The zero-order valence-electron chi connectivity index (χ0n) is 59.5. The first kappa shape index (κ1) is 42.2. The topological polar surface area (TPSA) is 40.6 Å². The van der Waals surface area contributed by atoms with E-state index < -0.39 is 18.9 Å². The Morgan fingerprint density at radius 3 is 1.82 bits per heavy atom. The molecule has 82 heavy (non-hydrogen) atoms. The Balaban J connectivity index is 0.890. The third-order valence-electron chi connectivity index (χ3n) is 16.5. The Morgan fingerprint density at radius 2 is 1.12 bits per heavy atom. The average molecular weight is 1080 g/mol. The van der Waals surface area contributed by atoms with Crippen molar-refractivity contribution in [1.82, 2.24) is 4.98 Å². The number of hydrogen-bond acceptors (Lipinski definition) is 5. The second kappa shape index (κ2) is 21.0. The summed E-state index contributed by atoms with van der Waals surface area (Å²) in [5.41, 5.74) is 12.7. The van der Waals surface area contributed by atoms with Crippen LogP contribution in [0.3, 0.4) is 0 Å². The van der Waals surface area contributed by atoms with Crippen LogP contribution in [0.2, 0.25) is 0 Å². The summed E-state index contributed by atoms with van der Waals surface area (Å²) in [5, 5.41) is 3.13. The first-order valence-corrected chi connectivity index (χ1v) is 28.3. The molecule has 0 unspecified atom stereocenters. The fraction of sp³-hybridized carbons (Fsp3) is 0.234. The number of nitrogens with zero attached hydrogens (tertiary/aromatic N) is 3. The number of aryl methyl sites for hydroxylation is 1. The third kappa shape index (κ3) is 10.6. The zero-order chi connectivity index (χ0) is 66.6. The Labute approximate surface area is 502 Å². The fourth-order valence-corrected chi connectivity index (χ4v) is 11.5. The van der Waals surface area contributed by atoms with Crippen LogP contribution >= 0.6 is 0 Å². The summed E-state index contributed by atoms with van der Waals surface area (Å²) in [6, 6.07) is 50.1. The molecule has 0 bridgehead atoms. The standard InChI is InChI=1S/C77H76N4O/c1-51-43-72(78-49-66(51)56-37-40-67-68(46-56)77(10,11)42-41-76(67,8)9)79-69-28-16-15-25-63(69)54-35-38-61(39-36-54)82-62-24-19-23-60(48-62)80-50-81(71-30-18-17-29-70(71)80)73-64(55-33-31-53(32-34-55)52-21-13-12-14-22-52)26-20-27-65(73)57-44-58(74(2,3)4)47-59(45-57)75(5,6)7/h12-40,43-49H,41-42,50H2,1-11H3,(H,78,79)/i1D3,15D,16D,25D,28D,31D,32D,33D,34D. The van der Waals surface area contributed by atoms with Gasteiger partial charge in [-0.15, -0.1) is 0 Å². The van der Waals surface area contributed by atoms with Crippen molar-refractivity contribution in [2.45, 2.75) is 111 Å². The Kier molecular flexibility index (Phi) is 10.8. The van der Waals surface area contributed by atoms with Gasteiger partial charge in [-0.3, -0.25) is 0 Å². The van der Waals surface area contributed by atoms with Crippen LogP contribution in [0.5, 0.6) is 11.5 Å². The molecule has 5 heteroatoms. The molecule has 0 amide bonds. The fourth-order valence-electron chi connectivity index (χ4n) is 11.5. The predicted octanol–water partition coefficient (Wildman–Crippen LogP) is 21.5. The van der Waals surface area contributed by atoms with Crippen molar-refractivity contribution >= 4 is 34.3 Å². The highest BCUT2D eigenvalue weighted by atomic mass is 16.5. The summed E-state index contributed by atoms with van der Waals surface area (Å²) in [7, 11) is 0. The number of hydrogen-bond donors (Lipinski definition) is 1. The molecule has 0 saturated carbocycles. The van der Waals surface area contributed by atoms with Gasteiger partial charge in [0.2, 0.25) is 0 Å². The van der Waals surface area contributed by atoms with Gasteiger partial charge in [0, 0.05) is 50.0 Å². The van der Waals surface area contributed by atoms with Crippen molar-refractivity contribution in [3.8, 4) is 67.1 Å². The number of ether oxygens (including phenoxy) is 1. The normalized spacial score (nSPS) is 16.6. The number of pyridine rings is 1. The van der Waals surface area contributed by atoms with E-state index in [-0.39, 0.29) is 91.7 Å². The lowest BCUT2D eigenvalue weighted by Gasteiger charge is -2.42. The minimum Gasteiger partial charge on any atom is -0.457 e. The SMILES string of the molecule is [2H]c1c([2H])c([2H])c(-c2ccc(Oc3cccc(N4CN(c5c(-c6cc(C(C)(C)C)cc(C(C)(C)C)c6)cccc5-c5c([2H])c([2H])c(-c6ccccc6)c([2H])c5[2H])c5ccccc54)c3)cc2)c(Nc2cc(C([2H])([2H])[2H])c(-c3ccc4c(c3)C(C)(C)CCC4(C)C)cn2)c1[2H]. The molecule has 1 aromatic heterocycles. The third-order valence-corrected chi connectivity index (χ3v) is 16.5. The predicted molar refractivity (Wildman–Crippen MR) is 347 cm³/mol. The lowest BCUT2D eigenvalue weighted by atomic mass is 9.63. The van der Waals surface area contributed by atoms with E-state index >= 15 is 0 Å². The van der Waals surface area contributed by atoms with Crippen molar-refractivity contribution in [2.75, 3.05) is 21.8 Å². The molecule has 0 spiro atoms. The van der Waals surface area contributed by atoms with Crippen LogP contribution in [-0.4, -0.2) is 11.7 Å². The van der Waals surface area contributed by atoms with Crippen molar-refractivity contribution in [3.05, 3.63) is 246 Å². The number of anilines is 6. The molecule has 2 aliphatic rings. The number of rotatable bonds is 11. The Morgan fingerprint density at radius 1 is 0.500 bits per heavy atom. The second-order valence-electron chi connectivity index (χ2n) is 25.2. The van der Waals surface area contributed by atoms with Gasteiger partial charge in [-0.05, 0) is 151 Å². The summed E-state index contributed by atoms with van der Waals surface area (Å²) >= 11 is 0. The van der Waals surface area contributed by atoms with Crippen molar-refractivity contribution in [1.29, 1.82) is 0 Å². The summed E-state index contributed by atoms with van der Waals surface area (Å²) < 4.78 is 107. The van der Waals surface area contributed by atoms with Gasteiger partial charge in [-0.1, -0.05) is 227 Å². The maximum absolute atomic E-state index is 9.71. The van der Waals surface area contributed by atoms with Gasteiger partial charge in [0.05, 0.1) is 28.0 Å². The smallest absolute Gasteiger partial charge is 0.130 e. The number of benzene rings is 9. The van der Waals surface area contributed by atoms with Crippen LogP contribution in [0.1, 0.15) is 125 Å². The van der Waals surface area contributed by atoms with E-state index in [2.05, 4.69) is 133 Å². The number of fused-ring (bicyclic) bond motifs is 2. The van der Waals surface area contributed by atoms with Crippen molar-refractivity contribution < 1.29 is 19.8 Å². The van der Waals surface area contributed by atoms with Gasteiger partial charge in [-0.2, -0.15) is 0 Å². The van der Waals surface area contributed by atoms with Gasteiger partial charge in [-0.25, -0.2) is 4.98 Å². The molecule has 5 nitrogen and oxygen atoms in total. The molecule has 1 aliphatic carbocycles. The first-order chi connectivity index (χ1) is 43.8. The highest BCUT2D eigenvalue weighted by Crippen LogP contribution is 2.52. The number of nitrogens with one attached hydrogen (secondary N) is 1. The lowest BCUT2D eigenvalue weighted by molar-refractivity contribution is 0.332. The number of aromatic nitrogens is 1. The van der Waals surface area contributed by atoms with Gasteiger partial charge < -0.3 is 19.9 Å². The summed E-state index contributed by atoms with van der Waals surface area (Å²) in [6.45, 7) is 19.9. The summed E-state index contributed by atoms with van der Waals surface area (Å²) in [4.78, 5) is 9.09. The number of para-hydroxylation sites is 4.